The lowest BCUT2D eigenvalue weighted by atomic mass is 10.3. The molecule has 0 fully saturated rings. The van der Waals surface area contributed by atoms with Gasteiger partial charge in [0.05, 0.1) is 5.01 Å². The summed E-state index contributed by atoms with van der Waals surface area (Å²) >= 11 is 1.47. The van der Waals surface area contributed by atoms with Crippen LogP contribution in [0.3, 0.4) is 0 Å². The zero-order valence-electron chi connectivity index (χ0n) is 7.42. The number of aromatic nitrogens is 1. The van der Waals surface area contributed by atoms with Crippen molar-refractivity contribution in [2.45, 2.75) is 6.92 Å². The highest BCUT2D eigenvalue weighted by Crippen LogP contribution is 2.30. The Hall–Kier alpha value is -1.36. The molecule has 1 aliphatic heterocycles. The van der Waals surface area contributed by atoms with Crippen LogP contribution in [-0.4, -0.2) is 22.8 Å². The number of nitrogens with one attached hydrogen (secondary N) is 1. The molecule has 1 N–H and O–H groups in total. The predicted octanol–water partition coefficient (Wildman–Crippen LogP) is 1.42. The highest BCUT2D eigenvalue weighted by Gasteiger charge is 2.27. The third-order valence-corrected chi connectivity index (χ3v) is 2.79. The van der Waals surface area contributed by atoms with Crippen LogP contribution in [0.2, 0.25) is 0 Å². The maximum absolute atomic E-state index is 11.6. The second-order valence-corrected chi connectivity index (χ2v) is 4.05. The number of fused-ring (bicyclic) bond motifs is 1. The molecule has 4 nitrogen and oxygen atoms in total. The van der Waals surface area contributed by atoms with E-state index < -0.39 is 0 Å². The highest BCUT2D eigenvalue weighted by atomic mass is 32.1. The van der Waals surface area contributed by atoms with Crippen molar-refractivity contribution in [3.63, 3.8) is 0 Å². The van der Waals surface area contributed by atoms with Crippen molar-refractivity contribution in [2.24, 2.45) is 0 Å². The Kier molecular flexibility index (Phi) is 1.63. The van der Waals surface area contributed by atoms with Gasteiger partial charge in [-0.1, -0.05) is 6.58 Å². The first-order valence-corrected chi connectivity index (χ1v) is 4.62. The van der Waals surface area contributed by atoms with Gasteiger partial charge >= 0.3 is 0 Å². The number of hydrogen-bond donors (Lipinski definition) is 1. The maximum atomic E-state index is 11.6. The molecular formula is C8H9N3OS. The molecule has 0 saturated heterocycles. The Labute approximate surface area is 79.9 Å². The van der Waals surface area contributed by atoms with E-state index in [-0.39, 0.29) is 5.91 Å². The summed E-state index contributed by atoms with van der Waals surface area (Å²) in [6, 6.07) is 0. The minimum Gasteiger partial charge on any atom is -0.332 e. The summed E-state index contributed by atoms with van der Waals surface area (Å²) in [4.78, 5) is 17.2. The first kappa shape index (κ1) is 8.25. The molecule has 2 rings (SSSR count). The molecule has 0 aliphatic carbocycles. The third-order valence-electron chi connectivity index (χ3n) is 1.90. The van der Waals surface area contributed by atoms with Crippen LogP contribution < -0.4 is 5.32 Å². The number of hydrogen-bond acceptors (Lipinski definition) is 4. The van der Waals surface area contributed by atoms with E-state index in [1.54, 1.807) is 7.05 Å². The van der Waals surface area contributed by atoms with Crippen molar-refractivity contribution in [1.82, 2.24) is 9.88 Å². The second-order valence-electron chi connectivity index (χ2n) is 2.85. The number of nitrogens with zero attached hydrogens (tertiary/aromatic N) is 2. The average Bonchev–Trinajstić information content (AvgIpc) is 2.42. The number of amides is 1. The summed E-state index contributed by atoms with van der Waals surface area (Å²) in [6.45, 7) is 5.60. The minimum absolute atomic E-state index is 0.0944. The summed E-state index contributed by atoms with van der Waals surface area (Å²) in [5, 5.41) is 4.71. The average molecular weight is 195 g/mol. The lowest BCUT2D eigenvalue weighted by Gasteiger charge is -2.24. The molecule has 0 atom stereocenters. The van der Waals surface area contributed by atoms with Crippen molar-refractivity contribution < 1.29 is 4.79 Å². The van der Waals surface area contributed by atoms with Gasteiger partial charge in [0, 0.05) is 7.05 Å². The fraction of sp³-hybridized carbons (Fsp3) is 0.250. The molecule has 0 aromatic carbocycles. The van der Waals surface area contributed by atoms with E-state index in [9.17, 15) is 4.79 Å². The van der Waals surface area contributed by atoms with Crippen LogP contribution in [-0.2, 0) is 0 Å². The van der Waals surface area contributed by atoms with Gasteiger partial charge in [0.1, 0.15) is 10.8 Å². The van der Waals surface area contributed by atoms with Crippen LogP contribution in [0.25, 0.3) is 0 Å². The van der Waals surface area contributed by atoms with E-state index in [0.29, 0.717) is 11.5 Å². The van der Waals surface area contributed by atoms with Gasteiger partial charge in [-0.05, 0) is 6.92 Å². The van der Waals surface area contributed by atoms with Gasteiger partial charge < -0.3 is 5.32 Å². The molecule has 0 unspecified atom stereocenters. The molecule has 1 aliphatic rings. The van der Waals surface area contributed by atoms with E-state index in [2.05, 4.69) is 16.9 Å². The molecule has 2 heterocycles. The van der Waals surface area contributed by atoms with E-state index in [4.69, 9.17) is 0 Å². The number of rotatable bonds is 0. The van der Waals surface area contributed by atoms with Crippen LogP contribution in [0.1, 0.15) is 15.5 Å². The smallest absolute Gasteiger partial charge is 0.280 e. The Balaban J connectivity index is 2.54. The summed E-state index contributed by atoms with van der Waals surface area (Å²) in [6.07, 6.45) is 0. The van der Waals surface area contributed by atoms with E-state index in [0.717, 1.165) is 10.0 Å². The van der Waals surface area contributed by atoms with E-state index in [1.165, 1.54) is 16.2 Å². The molecule has 0 radical (unpaired) electrons. The van der Waals surface area contributed by atoms with Gasteiger partial charge in [-0.25, -0.2) is 4.98 Å². The molecule has 0 saturated carbocycles. The van der Waals surface area contributed by atoms with Crippen LogP contribution in [0.4, 0.5) is 5.00 Å². The van der Waals surface area contributed by atoms with Crippen LogP contribution in [0.15, 0.2) is 12.4 Å². The van der Waals surface area contributed by atoms with Crippen molar-refractivity contribution in [1.29, 1.82) is 0 Å². The number of aryl methyl sites for hydroxylation is 1. The molecular weight excluding hydrogens is 186 g/mol. The molecule has 1 aromatic heterocycles. The largest absolute Gasteiger partial charge is 0.332 e. The van der Waals surface area contributed by atoms with Crippen molar-refractivity contribution in [3.05, 3.63) is 23.1 Å². The highest BCUT2D eigenvalue weighted by molar-refractivity contribution is 7.16. The normalized spacial score (nSPS) is 15.7. The Morgan fingerprint density at radius 2 is 2.31 bits per heavy atom. The Bertz CT molecular complexity index is 396. The minimum atomic E-state index is -0.0944. The standard InChI is InChI=1S/C8H9N3OS/c1-4-9-7-6(8(12)11(4)3)10-5(2)13-7/h9H,1H2,2-3H3. The first-order chi connectivity index (χ1) is 6.09. The fourth-order valence-corrected chi connectivity index (χ4v) is 1.98. The maximum Gasteiger partial charge on any atom is 0.280 e. The van der Waals surface area contributed by atoms with E-state index in [1.807, 2.05) is 6.92 Å². The van der Waals surface area contributed by atoms with Gasteiger partial charge in [0.15, 0.2) is 5.69 Å². The van der Waals surface area contributed by atoms with Gasteiger partial charge in [0.2, 0.25) is 0 Å². The molecule has 0 spiro atoms. The van der Waals surface area contributed by atoms with Crippen LogP contribution in [0, 0.1) is 6.92 Å². The van der Waals surface area contributed by atoms with Gasteiger partial charge in [-0.3, -0.25) is 9.69 Å². The number of carbonyl (C=O) groups excluding carboxylic acids is 1. The fourth-order valence-electron chi connectivity index (χ4n) is 1.15. The van der Waals surface area contributed by atoms with Gasteiger partial charge in [-0.2, -0.15) is 0 Å². The van der Waals surface area contributed by atoms with Crippen molar-refractivity contribution >= 4 is 22.2 Å². The van der Waals surface area contributed by atoms with Crippen LogP contribution in [0.5, 0.6) is 0 Å². The predicted molar refractivity (Wildman–Crippen MR) is 51.7 cm³/mol. The summed E-state index contributed by atoms with van der Waals surface area (Å²) in [7, 11) is 1.68. The van der Waals surface area contributed by atoms with Crippen LogP contribution >= 0.6 is 11.3 Å². The third kappa shape index (κ3) is 1.12. The molecule has 68 valence electrons. The Morgan fingerprint density at radius 1 is 1.62 bits per heavy atom. The van der Waals surface area contributed by atoms with Crippen molar-refractivity contribution in [2.75, 3.05) is 12.4 Å². The lowest BCUT2D eigenvalue weighted by Crippen LogP contribution is -2.33. The molecule has 5 heteroatoms. The Morgan fingerprint density at radius 3 is 3.00 bits per heavy atom. The lowest BCUT2D eigenvalue weighted by molar-refractivity contribution is 0.0828. The van der Waals surface area contributed by atoms with Crippen molar-refractivity contribution in [3.8, 4) is 0 Å². The topological polar surface area (TPSA) is 45.2 Å². The number of anilines is 1. The molecule has 1 amide bonds. The molecule has 1 aromatic rings. The number of carbonyl (C=O) groups is 1. The monoisotopic (exact) mass is 195 g/mol. The summed E-state index contributed by atoms with van der Waals surface area (Å²) in [5.74, 6) is 0.504. The quantitative estimate of drug-likeness (QED) is 0.681. The molecule has 13 heavy (non-hydrogen) atoms. The van der Waals surface area contributed by atoms with E-state index >= 15 is 0 Å². The number of thiazole rings is 1. The SMILES string of the molecule is C=C1Nc2sc(C)nc2C(=O)N1C. The second kappa shape index (κ2) is 2.56. The zero-order chi connectivity index (χ0) is 9.59. The zero-order valence-corrected chi connectivity index (χ0v) is 8.23. The summed E-state index contributed by atoms with van der Waals surface area (Å²) < 4.78 is 0. The summed E-state index contributed by atoms with van der Waals surface area (Å²) in [5.41, 5.74) is 0.498. The van der Waals surface area contributed by atoms with Gasteiger partial charge in [0.25, 0.3) is 5.91 Å². The van der Waals surface area contributed by atoms with Gasteiger partial charge in [-0.15, -0.1) is 11.3 Å². The molecule has 0 bridgehead atoms. The first-order valence-electron chi connectivity index (χ1n) is 3.81.